The minimum absolute atomic E-state index is 0.272. The summed E-state index contributed by atoms with van der Waals surface area (Å²) in [5, 5.41) is 0.272. The first-order valence-electron chi connectivity index (χ1n) is 3.18. The van der Waals surface area contributed by atoms with Crippen LogP contribution >= 0.6 is 67.8 Å². The molecule has 1 aromatic rings. The molecule has 1 rings (SSSR count). The third-order valence-electron chi connectivity index (χ3n) is 1.41. The summed E-state index contributed by atoms with van der Waals surface area (Å²) < 4.78 is 3.50. The third-order valence-corrected chi connectivity index (χ3v) is 7.16. The summed E-state index contributed by atoms with van der Waals surface area (Å²) in [5.41, 5.74) is 0.882. The van der Waals surface area contributed by atoms with Gasteiger partial charge in [-0.25, -0.2) is 0 Å². The van der Waals surface area contributed by atoms with Gasteiger partial charge >= 0.3 is 0 Å². The van der Waals surface area contributed by atoms with Crippen molar-refractivity contribution < 1.29 is 4.79 Å². The van der Waals surface area contributed by atoms with Gasteiger partial charge in [-0.15, -0.1) is 0 Å². The molecule has 0 fully saturated rings. The van der Waals surface area contributed by atoms with E-state index < -0.39 is 0 Å². The summed E-state index contributed by atoms with van der Waals surface area (Å²) in [6.07, 6.45) is 0. The molecule has 0 bridgehead atoms. The second kappa shape index (κ2) is 4.69. The van der Waals surface area contributed by atoms with Gasteiger partial charge in [-0.2, -0.15) is 0 Å². The van der Waals surface area contributed by atoms with Gasteiger partial charge in [-0.05, 0) is 79.9 Å². The second-order valence-corrected chi connectivity index (χ2v) is 6.51. The number of carbonyl (C=O) groups excluding carboxylic acids is 1. The molecule has 0 N–H and O–H groups in total. The molecule has 64 valence electrons. The molecule has 0 saturated heterocycles. The Morgan fingerprint density at radius 1 is 1.17 bits per heavy atom. The molecule has 0 unspecified atom stereocenters. The van der Waals surface area contributed by atoms with Crippen LogP contribution in [0.2, 0.25) is 0 Å². The van der Waals surface area contributed by atoms with Gasteiger partial charge in [0.2, 0.25) is 0 Å². The summed E-state index contributed by atoms with van der Waals surface area (Å²) >= 11 is 6.79. The third kappa shape index (κ3) is 2.41. The van der Waals surface area contributed by atoms with Gasteiger partial charge in [0.25, 0.3) is 0 Å². The lowest BCUT2D eigenvalue weighted by Gasteiger charge is -2.04. The summed E-state index contributed by atoms with van der Waals surface area (Å²) in [4.78, 5) is 11.2. The van der Waals surface area contributed by atoms with E-state index in [1.165, 1.54) is 7.14 Å². The highest BCUT2D eigenvalue weighted by Gasteiger charge is 2.09. The van der Waals surface area contributed by atoms with Gasteiger partial charge < -0.3 is 4.79 Å². The lowest BCUT2D eigenvalue weighted by atomic mass is 10.2. The van der Waals surface area contributed by atoms with Crippen molar-refractivity contribution in [2.45, 2.75) is 0 Å². The van der Waals surface area contributed by atoms with Crippen LogP contribution < -0.4 is 0 Å². The van der Waals surface area contributed by atoms with E-state index in [4.69, 9.17) is 0 Å². The van der Waals surface area contributed by atoms with Crippen LogP contribution in [-0.4, -0.2) is 15.6 Å². The SMILES string of the molecule is O=C([SiH3])c1ccc(I)c(I)c1I. The van der Waals surface area contributed by atoms with Gasteiger partial charge in [-0.3, -0.25) is 0 Å². The lowest BCUT2D eigenvalue weighted by molar-refractivity contribution is 0.107. The second-order valence-electron chi connectivity index (χ2n) is 2.28. The number of benzene rings is 1. The van der Waals surface area contributed by atoms with Crippen molar-refractivity contribution >= 4 is 83.4 Å². The van der Waals surface area contributed by atoms with Crippen LogP contribution in [0, 0.1) is 10.7 Å². The van der Waals surface area contributed by atoms with Gasteiger partial charge in [0.05, 0.1) is 10.2 Å². The van der Waals surface area contributed by atoms with Gasteiger partial charge in [0, 0.05) is 16.3 Å². The van der Waals surface area contributed by atoms with E-state index in [2.05, 4.69) is 67.8 Å². The molecule has 0 spiro atoms. The Labute approximate surface area is 115 Å². The quantitative estimate of drug-likeness (QED) is 0.319. The summed E-state index contributed by atoms with van der Waals surface area (Å²) in [5.74, 6) is 0. The Kier molecular flexibility index (Phi) is 4.44. The first-order chi connectivity index (χ1) is 5.54. The standard InChI is InChI=1S/C7H5I3OSi/c8-4-2-1-3(7(11)12)5(9)6(4)10/h1-2H,12H3. The highest BCUT2D eigenvalue weighted by molar-refractivity contribution is 14.1. The maximum atomic E-state index is 11.2. The van der Waals surface area contributed by atoms with Crippen LogP contribution in [0.15, 0.2) is 12.1 Å². The first kappa shape index (κ1) is 11.4. The average Bonchev–Trinajstić information content (AvgIpc) is 2.00. The molecule has 1 aromatic carbocycles. The fourth-order valence-electron chi connectivity index (χ4n) is 0.798. The number of rotatable bonds is 1. The van der Waals surface area contributed by atoms with Crippen molar-refractivity contribution in [3.63, 3.8) is 0 Å². The largest absolute Gasteiger partial charge is 0.301 e. The minimum Gasteiger partial charge on any atom is -0.301 e. The van der Waals surface area contributed by atoms with Crippen molar-refractivity contribution in [1.29, 1.82) is 0 Å². The van der Waals surface area contributed by atoms with Crippen LogP contribution in [0.1, 0.15) is 10.4 Å². The molecular formula is C7H5I3OSi. The molecule has 0 aromatic heterocycles. The van der Waals surface area contributed by atoms with E-state index in [1.807, 2.05) is 12.1 Å². The van der Waals surface area contributed by atoms with Gasteiger partial charge in [0.1, 0.15) is 5.41 Å². The monoisotopic (exact) mass is 514 g/mol. The normalized spacial score (nSPS) is 10.2. The molecule has 0 heterocycles. The average molecular weight is 514 g/mol. The van der Waals surface area contributed by atoms with Crippen LogP contribution in [-0.2, 0) is 0 Å². The molecule has 0 aliphatic carbocycles. The van der Waals surface area contributed by atoms with Crippen LogP contribution in [0.3, 0.4) is 0 Å². The molecule has 0 aliphatic rings. The number of hydrogen-bond donors (Lipinski definition) is 0. The Balaban J connectivity index is 3.36. The Morgan fingerprint density at radius 2 is 1.75 bits per heavy atom. The molecule has 0 atom stereocenters. The molecule has 5 heteroatoms. The van der Waals surface area contributed by atoms with Crippen molar-refractivity contribution in [2.75, 3.05) is 0 Å². The van der Waals surface area contributed by atoms with Crippen molar-refractivity contribution in [2.24, 2.45) is 0 Å². The maximum Gasteiger partial charge on any atom is 0.130 e. The summed E-state index contributed by atoms with van der Waals surface area (Å²) in [7, 11) is 0.601. The highest BCUT2D eigenvalue weighted by Crippen LogP contribution is 2.24. The van der Waals surface area contributed by atoms with Crippen molar-refractivity contribution in [3.05, 3.63) is 28.4 Å². The predicted molar refractivity (Wildman–Crippen MR) is 78.9 cm³/mol. The van der Waals surface area contributed by atoms with E-state index in [9.17, 15) is 4.79 Å². The van der Waals surface area contributed by atoms with E-state index in [0.717, 1.165) is 9.13 Å². The smallest absolute Gasteiger partial charge is 0.130 e. The van der Waals surface area contributed by atoms with Crippen molar-refractivity contribution in [3.8, 4) is 0 Å². The Morgan fingerprint density at radius 3 is 2.25 bits per heavy atom. The minimum atomic E-state index is 0.272. The zero-order valence-corrected chi connectivity index (χ0v) is 14.7. The summed E-state index contributed by atoms with van der Waals surface area (Å²) in [6, 6.07) is 3.91. The summed E-state index contributed by atoms with van der Waals surface area (Å²) in [6.45, 7) is 0. The number of carbonyl (C=O) groups is 1. The van der Waals surface area contributed by atoms with Crippen LogP contribution in [0.5, 0.6) is 0 Å². The topological polar surface area (TPSA) is 17.1 Å². The molecule has 0 amide bonds. The lowest BCUT2D eigenvalue weighted by Crippen LogP contribution is -2.02. The number of halogens is 3. The number of hydrogen-bond acceptors (Lipinski definition) is 1. The molecule has 12 heavy (non-hydrogen) atoms. The fraction of sp³-hybridized carbons (Fsp3) is 0. The van der Waals surface area contributed by atoms with E-state index >= 15 is 0 Å². The molecule has 0 aliphatic heterocycles. The molecule has 0 radical (unpaired) electrons. The van der Waals surface area contributed by atoms with E-state index in [0.29, 0.717) is 10.2 Å². The zero-order valence-electron chi connectivity index (χ0n) is 6.20. The van der Waals surface area contributed by atoms with Gasteiger partial charge in [-0.1, -0.05) is 0 Å². The molecular weight excluding hydrogens is 509 g/mol. The highest BCUT2D eigenvalue weighted by atomic mass is 127. The Bertz CT molecular complexity index is 338. The molecule has 0 saturated carbocycles. The fourth-order valence-corrected chi connectivity index (χ4v) is 4.01. The Hall–Kier alpha value is 1.30. The van der Waals surface area contributed by atoms with Crippen molar-refractivity contribution in [1.82, 2.24) is 0 Å². The van der Waals surface area contributed by atoms with E-state index in [1.54, 1.807) is 0 Å². The maximum absolute atomic E-state index is 11.2. The van der Waals surface area contributed by atoms with E-state index in [-0.39, 0.29) is 5.41 Å². The predicted octanol–water partition coefficient (Wildman–Crippen LogP) is 2.01. The first-order valence-corrected chi connectivity index (χ1v) is 7.42. The van der Waals surface area contributed by atoms with Crippen LogP contribution in [0.4, 0.5) is 0 Å². The zero-order chi connectivity index (χ0) is 9.30. The van der Waals surface area contributed by atoms with Gasteiger partial charge in [0.15, 0.2) is 0 Å². The van der Waals surface area contributed by atoms with Crippen LogP contribution in [0.25, 0.3) is 0 Å². The molecule has 1 nitrogen and oxygen atoms in total.